The summed E-state index contributed by atoms with van der Waals surface area (Å²) in [7, 11) is 0. The van der Waals surface area contributed by atoms with Crippen LogP contribution in [0.1, 0.15) is 0 Å². The summed E-state index contributed by atoms with van der Waals surface area (Å²) in [5, 5.41) is 4.56. The third-order valence-electron chi connectivity index (χ3n) is 11.8. The van der Waals surface area contributed by atoms with E-state index in [-0.39, 0.29) is 0 Å². The SMILES string of the molecule is c1ccc(-c2cccc(-c3nc(-c4cccc(-c5ccccc5)c4)nc(-c4ccc5c(c4)oc4cc(-c6ccc7c8ccccc8n(-c8ccccc8)c7c6)ccc45)n3)c2)cc1. The first-order chi connectivity index (χ1) is 30.7. The van der Waals surface area contributed by atoms with Crippen molar-refractivity contribution in [3.05, 3.63) is 218 Å². The number of benzene rings is 9. The van der Waals surface area contributed by atoms with Gasteiger partial charge in [0.05, 0.1) is 11.0 Å². The first-order valence-electron chi connectivity index (χ1n) is 20.8. The van der Waals surface area contributed by atoms with Crippen LogP contribution in [0.15, 0.2) is 223 Å². The predicted molar refractivity (Wildman–Crippen MR) is 254 cm³/mol. The Kier molecular flexibility index (Phi) is 8.42. The van der Waals surface area contributed by atoms with Crippen LogP contribution in [0.2, 0.25) is 0 Å². The van der Waals surface area contributed by atoms with E-state index in [2.05, 4.69) is 211 Å². The lowest BCUT2D eigenvalue weighted by Crippen LogP contribution is -2.00. The first kappa shape index (κ1) is 35.5. The molecule has 12 aromatic rings. The van der Waals surface area contributed by atoms with Gasteiger partial charge in [-0.15, -0.1) is 0 Å². The molecule has 0 fully saturated rings. The topological polar surface area (TPSA) is 56.7 Å². The zero-order valence-electron chi connectivity index (χ0n) is 33.5. The molecule has 9 aromatic carbocycles. The summed E-state index contributed by atoms with van der Waals surface area (Å²) in [5.41, 5.74) is 14.4. The highest BCUT2D eigenvalue weighted by atomic mass is 16.3. The zero-order valence-corrected chi connectivity index (χ0v) is 33.5. The number of para-hydroxylation sites is 2. The van der Waals surface area contributed by atoms with Crippen LogP contribution in [0.25, 0.3) is 117 Å². The average molecular weight is 793 g/mol. The van der Waals surface area contributed by atoms with Crippen molar-refractivity contribution in [3.8, 4) is 73.2 Å². The van der Waals surface area contributed by atoms with Crippen LogP contribution in [0, 0.1) is 0 Å². The number of rotatable bonds is 7. The quantitative estimate of drug-likeness (QED) is 0.161. The largest absolute Gasteiger partial charge is 0.456 e. The highest BCUT2D eigenvalue weighted by Crippen LogP contribution is 2.38. The number of hydrogen-bond acceptors (Lipinski definition) is 4. The zero-order chi connectivity index (χ0) is 41.0. The molecular weight excluding hydrogens is 757 g/mol. The summed E-state index contributed by atoms with van der Waals surface area (Å²) in [4.78, 5) is 15.4. The molecule has 0 amide bonds. The molecule has 0 aliphatic carbocycles. The Hall–Kier alpha value is -8.41. The van der Waals surface area contributed by atoms with Gasteiger partial charge in [-0.1, -0.05) is 158 Å². The van der Waals surface area contributed by atoms with Gasteiger partial charge >= 0.3 is 0 Å². The molecular formula is C57H36N4O. The molecule has 0 atom stereocenters. The third kappa shape index (κ3) is 6.23. The van der Waals surface area contributed by atoms with E-state index in [1.54, 1.807) is 0 Å². The minimum Gasteiger partial charge on any atom is -0.456 e. The molecule has 0 bridgehead atoms. The summed E-state index contributed by atoms with van der Waals surface area (Å²) in [5.74, 6) is 1.78. The molecule has 3 heterocycles. The highest BCUT2D eigenvalue weighted by Gasteiger charge is 2.18. The second kappa shape index (κ2) is 14.7. The summed E-state index contributed by atoms with van der Waals surface area (Å²) in [6.45, 7) is 0. The molecule has 0 spiro atoms. The molecule has 0 unspecified atom stereocenters. The van der Waals surface area contributed by atoms with E-state index < -0.39 is 0 Å². The lowest BCUT2D eigenvalue weighted by atomic mass is 10.0. The Labute approximate surface area is 357 Å². The number of nitrogens with zero attached hydrogens (tertiary/aromatic N) is 4. The van der Waals surface area contributed by atoms with E-state index in [0.717, 1.165) is 77.7 Å². The van der Waals surface area contributed by atoms with Crippen molar-refractivity contribution in [1.82, 2.24) is 19.5 Å². The van der Waals surface area contributed by atoms with Crippen LogP contribution in [0.3, 0.4) is 0 Å². The average Bonchev–Trinajstić information content (AvgIpc) is 3.89. The van der Waals surface area contributed by atoms with Crippen molar-refractivity contribution >= 4 is 43.7 Å². The maximum Gasteiger partial charge on any atom is 0.164 e. The van der Waals surface area contributed by atoms with E-state index in [0.29, 0.717) is 17.5 Å². The Morgan fingerprint density at radius 1 is 0.274 bits per heavy atom. The van der Waals surface area contributed by atoms with E-state index >= 15 is 0 Å². The summed E-state index contributed by atoms with van der Waals surface area (Å²) in [6, 6.07) is 76.3. The highest BCUT2D eigenvalue weighted by molar-refractivity contribution is 6.11. The van der Waals surface area contributed by atoms with Gasteiger partial charge in [0.15, 0.2) is 17.5 Å². The predicted octanol–water partition coefficient (Wildman–Crippen LogP) is 14.9. The van der Waals surface area contributed by atoms with Gasteiger partial charge in [-0.25, -0.2) is 15.0 Å². The molecule has 0 radical (unpaired) electrons. The molecule has 5 heteroatoms. The monoisotopic (exact) mass is 792 g/mol. The maximum atomic E-state index is 6.69. The standard InChI is InChI=1S/C57H36N4O/c1-4-14-37(15-5-1)39-18-12-20-43(32-39)55-58-56(44-21-13-19-40(33-44)38-16-6-2-7-17-38)60-57(59-55)45-28-31-50-49-30-27-42(35-53(49)62-54(50)36-45)41-26-29-48-47-24-10-11-25-51(47)61(52(48)34-41)46-22-8-3-9-23-46/h1-36H. The number of furan rings is 1. The maximum absolute atomic E-state index is 6.69. The normalized spacial score (nSPS) is 11.5. The fraction of sp³-hybridized carbons (Fsp3) is 0. The van der Waals surface area contributed by atoms with Gasteiger partial charge in [-0.2, -0.15) is 0 Å². The van der Waals surface area contributed by atoms with Crippen molar-refractivity contribution < 1.29 is 4.42 Å². The lowest BCUT2D eigenvalue weighted by molar-refractivity contribution is 0.669. The molecule has 0 saturated carbocycles. The third-order valence-corrected chi connectivity index (χ3v) is 11.8. The Morgan fingerprint density at radius 3 is 1.27 bits per heavy atom. The molecule has 5 nitrogen and oxygen atoms in total. The van der Waals surface area contributed by atoms with E-state index in [4.69, 9.17) is 19.4 Å². The van der Waals surface area contributed by atoms with Gasteiger partial charge in [0.2, 0.25) is 0 Å². The van der Waals surface area contributed by atoms with Crippen molar-refractivity contribution in [2.75, 3.05) is 0 Å². The van der Waals surface area contributed by atoms with Crippen LogP contribution in [-0.2, 0) is 0 Å². The summed E-state index contributed by atoms with van der Waals surface area (Å²) in [6.07, 6.45) is 0. The molecule has 3 aromatic heterocycles. The van der Waals surface area contributed by atoms with Crippen LogP contribution < -0.4 is 0 Å². The summed E-state index contributed by atoms with van der Waals surface area (Å²) >= 11 is 0. The molecule has 0 aliphatic heterocycles. The van der Waals surface area contributed by atoms with E-state index in [1.807, 2.05) is 12.1 Å². The van der Waals surface area contributed by atoms with Crippen LogP contribution >= 0.6 is 0 Å². The van der Waals surface area contributed by atoms with Gasteiger partial charge in [-0.05, 0) is 94.0 Å². The van der Waals surface area contributed by atoms with Crippen LogP contribution in [-0.4, -0.2) is 19.5 Å². The van der Waals surface area contributed by atoms with E-state index in [9.17, 15) is 0 Å². The second-order valence-corrected chi connectivity index (χ2v) is 15.6. The molecule has 0 N–H and O–H groups in total. The Bertz CT molecular complexity index is 3530. The van der Waals surface area contributed by atoms with Crippen LogP contribution in [0.4, 0.5) is 0 Å². The fourth-order valence-electron chi connectivity index (χ4n) is 8.80. The fourth-order valence-corrected chi connectivity index (χ4v) is 8.80. The minimum atomic E-state index is 0.574. The van der Waals surface area contributed by atoms with Crippen LogP contribution in [0.5, 0.6) is 0 Å². The Balaban J connectivity index is 0.964. The number of aromatic nitrogens is 4. The van der Waals surface area contributed by atoms with Gasteiger partial charge in [0, 0.05) is 43.9 Å². The van der Waals surface area contributed by atoms with Gasteiger partial charge in [0.25, 0.3) is 0 Å². The van der Waals surface area contributed by atoms with E-state index in [1.165, 1.54) is 21.8 Å². The summed E-state index contributed by atoms with van der Waals surface area (Å²) < 4.78 is 9.04. The van der Waals surface area contributed by atoms with Crippen molar-refractivity contribution in [2.45, 2.75) is 0 Å². The van der Waals surface area contributed by atoms with Crippen molar-refractivity contribution in [2.24, 2.45) is 0 Å². The second-order valence-electron chi connectivity index (χ2n) is 15.6. The molecule has 0 saturated heterocycles. The van der Waals surface area contributed by atoms with Gasteiger partial charge in [-0.3, -0.25) is 0 Å². The first-order valence-corrected chi connectivity index (χ1v) is 20.8. The number of hydrogen-bond donors (Lipinski definition) is 0. The molecule has 12 rings (SSSR count). The Morgan fingerprint density at radius 2 is 0.677 bits per heavy atom. The van der Waals surface area contributed by atoms with Crippen molar-refractivity contribution in [3.63, 3.8) is 0 Å². The molecule has 62 heavy (non-hydrogen) atoms. The number of fused-ring (bicyclic) bond motifs is 6. The van der Waals surface area contributed by atoms with Gasteiger partial charge < -0.3 is 8.98 Å². The molecule has 0 aliphatic rings. The molecule has 290 valence electrons. The van der Waals surface area contributed by atoms with Crippen molar-refractivity contribution in [1.29, 1.82) is 0 Å². The lowest BCUT2D eigenvalue weighted by Gasteiger charge is -2.10. The van der Waals surface area contributed by atoms with Gasteiger partial charge in [0.1, 0.15) is 11.2 Å². The smallest absolute Gasteiger partial charge is 0.164 e. The minimum absolute atomic E-state index is 0.574.